The third-order valence-electron chi connectivity index (χ3n) is 6.15. The quantitative estimate of drug-likeness (QED) is 0.589. The van der Waals surface area contributed by atoms with E-state index in [1.54, 1.807) is 11.8 Å². The first-order chi connectivity index (χ1) is 15.3. The summed E-state index contributed by atoms with van der Waals surface area (Å²) < 4.78 is 13.2. The van der Waals surface area contributed by atoms with Crippen LogP contribution in [0.1, 0.15) is 49.9 Å². The van der Waals surface area contributed by atoms with Gasteiger partial charge in [-0.05, 0) is 76.5 Å². The SMILES string of the molecule is CCC1CN(C(=O)c2ccc(F)cc2)CCC1CC(=O)N(CC)C(=O)NCCCN(C)C. The Balaban J connectivity index is 1.91. The minimum atomic E-state index is -0.368. The van der Waals surface area contributed by atoms with Crippen molar-refractivity contribution in [1.82, 2.24) is 20.0 Å². The molecule has 178 valence electrons. The molecule has 1 N–H and O–H groups in total. The van der Waals surface area contributed by atoms with E-state index in [-0.39, 0.29) is 35.5 Å². The van der Waals surface area contributed by atoms with Gasteiger partial charge in [0.05, 0.1) is 0 Å². The second-order valence-electron chi connectivity index (χ2n) is 8.71. The fraction of sp³-hybridized carbons (Fsp3) is 0.625. The van der Waals surface area contributed by atoms with E-state index in [0.29, 0.717) is 44.6 Å². The fourth-order valence-electron chi connectivity index (χ4n) is 4.23. The van der Waals surface area contributed by atoms with Crippen LogP contribution in [0.2, 0.25) is 0 Å². The molecule has 1 fully saturated rings. The molecule has 2 unspecified atom stereocenters. The van der Waals surface area contributed by atoms with Crippen LogP contribution in [0, 0.1) is 17.7 Å². The molecule has 7 nitrogen and oxygen atoms in total. The van der Waals surface area contributed by atoms with Crippen molar-refractivity contribution >= 4 is 17.8 Å². The van der Waals surface area contributed by atoms with Crippen LogP contribution >= 0.6 is 0 Å². The highest BCUT2D eigenvalue weighted by Crippen LogP contribution is 2.30. The third-order valence-corrected chi connectivity index (χ3v) is 6.15. The number of amides is 4. The molecule has 32 heavy (non-hydrogen) atoms. The van der Waals surface area contributed by atoms with Crippen molar-refractivity contribution in [2.75, 3.05) is 46.8 Å². The van der Waals surface area contributed by atoms with Crippen LogP contribution in [-0.2, 0) is 4.79 Å². The maximum absolute atomic E-state index is 13.2. The van der Waals surface area contributed by atoms with Crippen LogP contribution in [-0.4, -0.2) is 79.4 Å². The molecule has 8 heteroatoms. The average molecular weight is 449 g/mol. The van der Waals surface area contributed by atoms with Gasteiger partial charge in [0.25, 0.3) is 5.91 Å². The van der Waals surface area contributed by atoms with Crippen LogP contribution in [0.3, 0.4) is 0 Å². The molecule has 2 rings (SSSR count). The normalized spacial score (nSPS) is 18.5. The predicted octanol–water partition coefficient (Wildman–Crippen LogP) is 3.21. The number of nitrogens with one attached hydrogen (secondary N) is 1. The molecule has 1 heterocycles. The van der Waals surface area contributed by atoms with E-state index in [1.807, 2.05) is 19.0 Å². The number of carbonyl (C=O) groups excluding carboxylic acids is 3. The molecule has 1 aromatic carbocycles. The van der Waals surface area contributed by atoms with Gasteiger partial charge in [0.15, 0.2) is 0 Å². The smallest absolute Gasteiger partial charge is 0.324 e. The molecule has 0 aliphatic carbocycles. The van der Waals surface area contributed by atoms with Crippen LogP contribution in [0.25, 0.3) is 0 Å². The molecule has 1 aliphatic heterocycles. The molecule has 0 radical (unpaired) electrons. The van der Waals surface area contributed by atoms with Crippen LogP contribution in [0.15, 0.2) is 24.3 Å². The number of urea groups is 1. The number of piperidine rings is 1. The van der Waals surface area contributed by atoms with E-state index in [9.17, 15) is 18.8 Å². The van der Waals surface area contributed by atoms with Crippen molar-refractivity contribution in [3.8, 4) is 0 Å². The second-order valence-corrected chi connectivity index (χ2v) is 8.71. The third kappa shape index (κ3) is 7.29. The number of carbonyl (C=O) groups is 3. The molecular formula is C24H37FN4O3. The lowest BCUT2D eigenvalue weighted by Gasteiger charge is -2.38. The van der Waals surface area contributed by atoms with Gasteiger partial charge in [-0.3, -0.25) is 14.5 Å². The molecule has 0 spiro atoms. The second kappa shape index (κ2) is 12.5. The van der Waals surface area contributed by atoms with Crippen molar-refractivity contribution in [2.24, 2.45) is 11.8 Å². The van der Waals surface area contributed by atoms with Gasteiger partial charge in [-0.25, -0.2) is 9.18 Å². The van der Waals surface area contributed by atoms with Crippen molar-refractivity contribution < 1.29 is 18.8 Å². The van der Waals surface area contributed by atoms with Gasteiger partial charge in [-0.15, -0.1) is 0 Å². The van der Waals surface area contributed by atoms with Crippen molar-refractivity contribution in [3.63, 3.8) is 0 Å². The summed E-state index contributed by atoms with van der Waals surface area (Å²) in [4.78, 5) is 43.3. The zero-order valence-corrected chi connectivity index (χ0v) is 19.8. The Morgan fingerprint density at radius 3 is 2.41 bits per heavy atom. The molecule has 0 bridgehead atoms. The highest BCUT2D eigenvalue weighted by atomic mass is 19.1. The highest BCUT2D eigenvalue weighted by molar-refractivity contribution is 5.95. The maximum Gasteiger partial charge on any atom is 0.324 e. The predicted molar refractivity (Wildman–Crippen MR) is 123 cm³/mol. The number of nitrogens with zero attached hydrogens (tertiary/aromatic N) is 3. The summed E-state index contributed by atoms with van der Waals surface area (Å²) in [5.41, 5.74) is 0.471. The summed E-state index contributed by atoms with van der Waals surface area (Å²) in [5, 5.41) is 2.84. The summed E-state index contributed by atoms with van der Waals surface area (Å²) in [7, 11) is 3.96. The lowest BCUT2D eigenvalue weighted by atomic mass is 9.81. The van der Waals surface area contributed by atoms with Gasteiger partial charge in [0.2, 0.25) is 5.91 Å². The Morgan fingerprint density at radius 2 is 1.81 bits per heavy atom. The van der Waals surface area contributed by atoms with E-state index in [0.717, 1.165) is 19.4 Å². The van der Waals surface area contributed by atoms with Crippen molar-refractivity contribution in [1.29, 1.82) is 0 Å². The lowest BCUT2D eigenvalue weighted by molar-refractivity contribution is -0.130. The van der Waals surface area contributed by atoms with E-state index < -0.39 is 0 Å². The number of imide groups is 1. The fourth-order valence-corrected chi connectivity index (χ4v) is 4.23. The van der Waals surface area contributed by atoms with E-state index in [1.165, 1.54) is 29.2 Å². The summed E-state index contributed by atoms with van der Waals surface area (Å²) in [6.07, 6.45) is 2.67. The minimum absolute atomic E-state index is 0.111. The molecular weight excluding hydrogens is 411 g/mol. The summed E-state index contributed by atoms with van der Waals surface area (Å²) in [6.45, 7) is 6.70. The van der Waals surface area contributed by atoms with E-state index in [2.05, 4.69) is 12.2 Å². The largest absolute Gasteiger partial charge is 0.338 e. The summed E-state index contributed by atoms with van der Waals surface area (Å²) in [6, 6.07) is 5.25. The lowest BCUT2D eigenvalue weighted by Crippen LogP contribution is -2.47. The Labute approximate surface area is 190 Å². The molecule has 1 aliphatic rings. The molecule has 4 amide bonds. The molecule has 2 atom stereocenters. The number of hydrogen-bond donors (Lipinski definition) is 1. The zero-order valence-electron chi connectivity index (χ0n) is 19.8. The molecule has 1 saturated heterocycles. The topological polar surface area (TPSA) is 73.0 Å². The van der Waals surface area contributed by atoms with Gasteiger partial charge in [-0.2, -0.15) is 0 Å². The van der Waals surface area contributed by atoms with Crippen molar-refractivity contribution in [2.45, 2.75) is 39.5 Å². The zero-order chi connectivity index (χ0) is 23.7. The molecule has 0 aromatic heterocycles. The standard InChI is InChI=1S/C24H37FN4O3/c1-5-18-17-28(23(31)19-8-10-21(25)11-9-19)15-12-20(18)16-22(30)29(6-2)24(32)26-13-7-14-27(3)4/h8-11,18,20H,5-7,12-17H2,1-4H3,(H,26,32). The Morgan fingerprint density at radius 1 is 1.12 bits per heavy atom. The summed E-state index contributed by atoms with van der Waals surface area (Å²) >= 11 is 0. The monoisotopic (exact) mass is 448 g/mol. The van der Waals surface area contributed by atoms with Crippen LogP contribution in [0.5, 0.6) is 0 Å². The van der Waals surface area contributed by atoms with Gasteiger partial charge >= 0.3 is 6.03 Å². The first-order valence-electron chi connectivity index (χ1n) is 11.5. The molecule has 1 aromatic rings. The van der Waals surface area contributed by atoms with Gasteiger partial charge in [-0.1, -0.05) is 13.3 Å². The number of benzene rings is 1. The first kappa shape index (κ1) is 25.8. The van der Waals surface area contributed by atoms with Crippen LogP contribution in [0.4, 0.5) is 9.18 Å². The van der Waals surface area contributed by atoms with E-state index >= 15 is 0 Å². The Bertz CT molecular complexity index is 769. The molecule has 0 saturated carbocycles. The number of likely N-dealkylation sites (tertiary alicyclic amines) is 1. The number of hydrogen-bond acceptors (Lipinski definition) is 4. The number of halogens is 1. The summed E-state index contributed by atoms with van der Waals surface area (Å²) in [5.74, 6) is -0.341. The number of rotatable bonds is 9. The maximum atomic E-state index is 13.2. The van der Waals surface area contributed by atoms with E-state index in [4.69, 9.17) is 0 Å². The first-order valence-corrected chi connectivity index (χ1v) is 11.5. The van der Waals surface area contributed by atoms with Gasteiger partial charge in [0.1, 0.15) is 5.82 Å². The Kier molecular flexibility index (Phi) is 10.1. The van der Waals surface area contributed by atoms with Crippen molar-refractivity contribution in [3.05, 3.63) is 35.6 Å². The minimum Gasteiger partial charge on any atom is -0.338 e. The Hall–Kier alpha value is -2.48. The van der Waals surface area contributed by atoms with Gasteiger partial charge < -0.3 is 15.1 Å². The highest BCUT2D eigenvalue weighted by Gasteiger charge is 2.33. The average Bonchev–Trinajstić information content (AvgIpc) is 2.77. The van der Waals surface area contributed by atoms with Gasteiger partial charge in [0, 0.05) is 38.2 Å². The van der Waals surface area contributed by atoms with Crippen LogP contribution < -0.4 is 5.32 Å².